The maximum absolute atomic E-state index is 5.89. The quantitative estimate of drug-likeness (QED) is 0.459. The van der Waals surface area contributed by atoms with Gasteiger partial charge in [-0.05, 0) is 33.6 Å². The minimum Gasteiger partial charge on any atom is -0.374 e. The van der Waals surface area contributed by atoms with Crippen LogP contribution in [0.3, 0.4) is 0 Å². The summed E-state index contributed by atoms with van der Waals surface area (Å²) in [5, 5.41) is 0. The van der Waals surface area contributed by atoms with Gasteiger partial charge in [-0.1, -0.05) is 6.08 Å². The molecule has 0 spiro atoms. The average molecular weight is 349 g/mol. The molecular formula is C15H29ClN2O3Si. The summed E-state index contributed by atoms with van der Waals surface area (Å²) in [5.74, 6) is 1.29. The SMILES string of the molecule is C=CCC(CC[Si](OCC)(OCC)OCC)c1ncc[nH]1.Cl. The molecule has 22 heavy (non-hydrogen) atoms. The van der Waals surface area contributed by atoms with E-state index < -0.39 is 8.80 Å². The number of halogens is 1. The summed E-state index contributed by atoms with van der Waals surface area (Å²) in [6, 6.07) is 0.793. The molecule has 1 N–H and O–H groups in total. The second kappa shape index (κ2) is 11.8. The second-order valence-corrected chi connectivity index (χ2v) is 7.45. The van der Waals surface area contributed by atoms with Gasteiger partial charge in [-0.25, -0.2) is 4.98 Å². The van der Waals surface area contributed by atoms with Gasteiger partial charge >= 0.3 is 8.80 Å². The maximum Gasteiger partial charge on any atom is 0.500 e. The first-order valence-corrected chi connectivity index (χ1v) is 9.66. The molecule has 7 heteroatoms. The highest BCUT2D eigenvalue weighted by atomic mass is 35.5. The predicted octanol–water partition coefficient (Wildman–Crippen LogP) is 3.93. The summed E-state index contributed by atoms with van der Waals surface area (Å²) in [7, 11) is -2.58. The van der Waals surface area contributed by atoms with Crippen molar-refractivity contribution in [3.05, 3.63) is 30.9 Å². The third-order valence-corrected chi connectivity index (χ3v) is 6.34. The van der Waals surface area contributed by atoms with Crippen LogP contribution < -0.4 is 0 Å². The third kappa shape index (κ3) is 6.62. The Kier molecular flexibility index (Phi) is 11.5. The number of aromatic nitrogens is 2. The van der Waals surface area contributed by atoms with E-state index in [1.807, 2.05) is 33.0 Å². The second-order valence-electron chi connectivity index (χ2n) is 4.72. The zero-order valence-electron chi connectivity index (χ0n) is 13.8. The number of allylic oxidation sites excluding steroid dienone is 1. The molecule has 0 radical (unpaired) electrons. The van der Waals surface area contributed by atoms with E-state index in [0.717, 1.165) is 24.7 Å². The molecule has 1 heterocycles. The van der Waals surface area contributed by atoms with Crippen LogP contribution in [0.25, 0.3) is 0 Å². The number of nitrogens with one attached hydrogen (secondary N) is 1. The van der Waals surface area contributed by atoms with E-state index in [2.05, 4.69) is 16.5 Å². The van der Waals surface area contributed by atoms with Crippen LogP contribution in [0.2, 0.25) is 6.04 Å². The first-order chi connectivity index (χ1) is 10.2. The van der Waals surface area contributed by atoms with Crippen LogP contribution in [0.15, 0.2) is 25.0 Å². The highest BCUT2D eigenvalue weighted by molar-refractivity contribution is 6.60. The molecule has 1 aromatic heterocycles. The number of rotatable bonds is 12. The molecule has 1 aromatic rings. The fourth-order valence-electron chi connectivity index (χ4n) is 2.42. The van der Waals surface area contributed by atoms with Crippen molar-refractivity contribution < 1.29 is 13.3 Å². The van der Waals surface area contributed by atoms with E-state index in [1.54, 1.807) is 6.20 Å². The van der Waals surface area contributed by atoms with Crippen LogP contribution in [0.5, 0.6) is 0 Å². The zero-order valence-corrected chi connectivity index (χ0v) is 15.7. The Morgan fingerprint density at radius 1 is 1.23 bits per heavy atom. The van der Waals surface area contributed by atoms with Gasteiger partial charge < -0.3 is 18.3 Å². The molecule has 5 nitrogen and oxygen atoms in total. The largest absolute Gasteiger partial charge is 0.500 e. The van der Waals surface area contributed by atoms with Crippen molar-refractivity contribution >= 4 is 21.2 Å². The molecule has 0 aliphatic carbocycles. The van der Waals surface area contributed by atoms with E-state index >= 15 is 0 Å². The van der Waals surface area contributed by atoms with Crippen molar-refractivity contribution in [2.75, 3.05) is 19.8 Å². The fourth-order valence-corrected chi connectivity index (χ4v) is 5.12. The molecular weight excluding hydrogens is 320 g/mol. The van der Waals surface area contributed by atoms with Crippen molar-refractivity contribution in [2.24, 2.45) is 0 Å². The molecule has 0 aromatic carbocycles. The molecule has 1 unspecified atom stereocenters. The van der Waals surface area contributed by atoms with E-state index in [1.165, 1.54) is 0 Å². The Morgan fingerprint density at radius 2 is 1.82 bits per heavy atom. The predicted molar refractivity (Wildman–Crippen MR) is 93.4 cm³/mol. The van der Waals surface area contributed by atoms with E-state index in [-0.39, 0.29) is 12.4 Å². The van der Waals surface area contributed by atoms with Crippen molar-refractivity contribution in [1.82, 2.24) is 9.97 Å². The number of aromatic amines is 1. The lowest BCUT2D eigenvalue weighted by atomic mass is 10.0. The molecule has 0 amide bonds. The lowest BCUT2D eigenvalue weighted by molar-refractivity contribution is 0.0702. The van der Waals surface area contributed by atoms with Gasteiger partial charge in [0.05, 0.1) is 0 Å². The smallest absolute Gasteiger partial charge is 0.374 e. The molecule has 1 atom stereocenters. The van der Waals surface area contributed by atoms with Crippen LogP contribution in [0, 0.1) is 0 Å². The zero-order chi connectivity index (χ0) is 15.6. The van der Waals surface area contributed by atoms with E-state index in [0.29, 0.717) is 25.7 Å². The topological polar surface area (TPSA) is 56.4 Å². The third-order valence-electron chi connectivity index (χ3n) is 3.25. The van der Waals surface area contributed by atoms with Crippen LogP contribution in [-0.2, 0) is 13.3 Å². The Labute approximate surface area is 141 Å². The van der Waals surface area contributed by atoms with Crippen LogP contribution in [0.4, 0.5) is 0 Å². The average Bonchev–Trinajstić information content (AvgIpc) is 2.98. The van der Waals surface area contributed by atoms with Gasteiger partial charge in [-0.2, -0.15) is 0 Å². The Balaban J connectivity index is 0.00000441. The first-order valence-electron chi connectivity index (χ1n) is 7.73. The minimum atomic E-state index is -2.58. The summed E-state index contributed by atoms with van der Waals surface area (Å²) < 4.78 is 17.7. The lowest BCUT2D eigenvalue weighted by Crippen LogP contribution is -2.46. The molecule has 1 rings (SSSR count). The molecule has 0 saturated heterocycles. The van der Waals surface area contributed by atoms with E-state index in [9.17, 15) is 0 Å². The summed E-state index contributed by atoms with van der Waals surface area (Å²) in [5.41, 5.74) is 0. The fraction of sp³-hybridized carbons (Fsp3) is 0.667. The molecule has 128 valence electrons. The van der Waals surface area contributed by atoms with Gasteiger partial charge in [0, 0.05) is 44.2 Å². The first kappa shape index (κ1) is 21.3. The van der Waals surface area contributed by atoms with Crippen LogP contribution in [-0.4, -0.2) is 38.6 Å². The minimum absolute atomic E-state index is 0. The standard InChI is InChI=1S/C15H28N2O3Si.ClH/c1-5-9-14(15-16-11-12-17-15)10-13-21(18-6-2,19-7-3)20-8-4;/h5,11-12,14H,1,6-10,13H2,2-4H3,(H,16,17);1H. The van der Waals surface area contributed by atoms with Gasteiger partial charge in [0.1, 0.15) is 5.82 Å². The number of hydrogen-bond acceptors (Lipinski definition) is 4. The summed E-state index contributed by atoms with van der Waals surface area (Å²) in [4.78, 5) is 7.55. The molecule has 0 bridgehead atoms. The van der Waals surface area contributed by atoms with Crippen LogP contribution >= 0.6 is 12.4 Å². The van der Waals surface area contributed by atoms with Gasteiger partial charge in [0.2, 0.25) is 0 Å². The monoisotopic (exact) mass is 348 g/mol. The highest BCUT2D eigenvalue weighted by Crippen LogP contribution is 2.28. The van der Waals surface area contributed by atoms with Crippen molar-refractivity contribution in [2.45, 2.75) is 45.6 Å². The van der Waals surface area contributed by atoms with E-state index in [4.69, 9.17) is 13.3 Å². The molecule has 0 saturated carbocycles. The number of H-pyrrole nitrogens is 1. The summed E-state index contributed by atoms with van der Waals surface area (Å²) >= 11 is 0. The Bertz CT molecular complexity index is 373. The molecule has 0 fully saturated rings. The number of nitrogens with zero attached hydrogens (tertiary/aromatic N) is 1. The summed E-state index contributed by atoms with van der Waals surface area (Å²) in [6.45, 7) is 11.6. The number of hydrogen-bond donors (Lipinski definition) is 1. The van der Waals surface area contributed by atoms with Gasteiger partial charge in [-0.15, -0.1) is 19.0 Å². The van der Waals surface area contributed by atoms with Crippen molar-refractivity contribution in [3.8, 4) is 0 Å². The molecule has 0 aliphatic rings. The van der Waals surface area contributed by atoms with Gasteiger partial charge in [0.15, 0.2) is 0 Å². The molecule has 0 aliphatic heterocycles. The lowest BCUT2D eigenvalue weighted by Gasteiger charge is -2.29. The maximum atomic E-state index is 5.89. The summed E-state index contributed by atoms with van der Waals surface area (Å²) in [6.07, 6.45) is 7.35. The van der Waals surface area contributed by atoms with Crippen molar-refractivity contribution in [1.29, 1.82) is 0 Å². The van der Waals surface area contributed by atoms with Gasteiger partial charge in [0.25, 0.3) is 0 Å². The normalized spacial score (nSPS) is 12.7. The Hall–Kier alpha value is -0.663. The van der Waals surface area contributed by atoms with Gasteiger partial charge in [-0.3, -0.25) is 0 Å². The number of imidazole rings is 1. The van der Waals surface area contributed by atoms with Crippen molar-refractivity contribution in [3.63, 3.8) is 0 Å². The van der Waals surface area contributed by atoms with Crippen LogP contribution in [0.1, 0.15) is 45.4 Å². The Morgan fingerprint density at radius 3 is 2.23 bits per heavy atom. The highest BCUT2D eigenvalue weighted by Gasteiger charge is 2.40.